The van der Waals surface area contributed by atoms with E-state index in [1.165, 1.54) is 5.56 Å². The lowest BCUT2D eigenvalue weighted by Crippen LogP contribution is -2.26. The molecule has 104 valence electrons. The van der Waals surface area contributed by atoms with Gasteiger partial charge in [0.05, 0.1) is 17.8 Å². The van der Waals surface area contributed by atoms with Crippen molar-refractivity contribution in [3.8, 4) is 0 Å². The van der Waals surface area contributed by atoms with Gasteiger partial charge < -0.3 is 11.1 Å². The van der Waals surface area contributed by atoms with E-state index < -0.39 is 0 Å². The molecule has 2 aromatic rings. The van der Waals surface area contributed by atoms with Crippen LogP contribution in [0.2, 0.25) is 0 Å². The number of nitrogens with one attached hydrogen (secondary N) is 1. The van der Waals surface area contributed by atoms with Crippen molar-refractivity contribution >= 4 is 17.4 Å². The fraction of sp³-hybridized carbons (Fsp3) is 0.333. The Bertz CT molecular complexity index is 628. The second kappa shape index (κ2) is 5.00. The second-order valence-corrected chi connectivity index (χ2v) is 5.21. The fourth-order valence-corrected chi connectivity index (χ4v) is 2.84. The summed E-state index contributed by atoms with van der Waals surface area (Å²) >= 11 is 0. The second-order valence-electron chi connectivity index (χ2n) is 5.21. The van der Waals surface area contributed by atoms with Crippen LogP contribution >= 0.6 is 0 Å². The molecule has 5 nitrogen and oxygen atoms in total. The molecule has 1 heterocycles. The van der Waals surface area contributed by atoms with Gasteiger partial charge in [-0.15, -0.1) is 0 Å². The van der Waals surface area contributed by atoms with E-state index in [4.69, 9.17) is 5.73 Å². The highest BCUT2D eigenvalue weighted by molar-refractivity contribution is 5.97. The molecule has 0 bridgehead atoms. The van der Waals surface area contributed by atoms with Gasteiger partial charge in [0.1, 0.15) is 0 Å². The van der Waals surface area contributed by atoms with Gasteiger partial charge in [-0.2, -0.15) is 5.10 Å². The minimum absolute atomic E-state index is 0.00699. The first-order chi connectivity index (χ1) is 9.66. The number of nitrogens with zero attached hydrogens (tertiary/aromatic N) is 2. The maximum atomic E-state index is 12.5. The quantitative estimate of drug-likeness (QED) is 0.877. The van der Waals surface area contributed by atoms with Crippen LogP contribution < -0.4 is 11.1 Å². The summed E-state index contributed by atoms with van der Waals surface area (Å²) in [6.07, 6.45) is 4.51. The van der Waals surface area contributed by atoms with Crippen LogP contribution in [0.15, 0.2) is 30.5 Å². The number of rotatable bonds is 2. The molecule has 1 aliphatic carbocycles. The Morgan fingerprint density at radius 3 is 3.00 bits per heavy atom. The summed E-state index contributed by atoms with van der Waals surface area (Å²) < 4.78 is 1.59. The third kappa shape index (κ3) is 2.15. The molecule has 0 aliphatic heterocycles. The number of nitrogens with two attached hydrogens (primary N) is 1. The van der Waals surface area contributed by atoms with Gasteiger partial charge in [0.15, 0.2) is 5.82 Å². The molecule has 0 radical (unpaired) electrons. The molecule has 0 spiro atoms. The molecule has 0 saturated carbocycles. The predicted molar refractivity (Wildman–Crippen MR) is 78.4 cm³/mol. The van der Waals surface area contributed by atoms with Crippen molar-refractivity contribution in [2.75, 3.05) is 11.1 Å². The standard InChI is InChI=1S/C15H18N4O/c1-19-14(13(16)9-17-19)18-15(20)12-8-4-6-10-5-2-3-7-11(10)12/h2-3,5,7,9,12H,4,6,8,16H2,1H3,(H,18,20). The molecule has 1 atom stereocenters. The molecule has 1 unspecified atom stereocenters. The van der Waals surface area contributed by atoms with E-state index in [-0.39, 0.29) is 11.8 Å². The van der Waals surface area contributed by atoms with Gasteiger partial charge in [0.2, 0.25) is 5.91 Å². The number of aryl methyl sites for hydroxylation is 2. The van der Waals surface area contributed by atoms with E-state index in [1.54, 1.807) is 17.9 Å². The topological polar surface area (TPSA) is 72.9 Å². The molecular weight excluding hydrogens is 252 g/mol. The summed E-state index contributed by atoms with van der Waals surface area (Å²) in [6, 6.07) is 8.17. The van der Waals surface area contributed by atoms with Crippen LogP contribution in [0.25, 0.3) is 0 Å². The molecule has 1 amide bonds. The zero-order valence-corrected chi connectivity index (χ0v) is 11.5. The van der Waals surface area contributed by atoms with Crippen LogP contribution in [-0.4, -0.2) is 15.7 Å². The number of carbonyl (C=O) groups is 1. The number of hydrogen-bond acceptors (Lipinski definition) is 3. The van der Waals surface area contributed by atoms with Gasteiger partial charge in [-0.1, -0.05) is 24.3 Å². The van der Waals surface area contributed by atoms with E-state index in [2.05, 4.69) is 16.5 Å². The molecular formula is C15H18N4O. The molecule has 1 aromatic heterocycles. The monoisotopic (exact) mass is 270 g/mol. The van der Waals surface area contributed by atoms with E-state index in [0.717, 1.165) is 24.8 Å². The van der Waals surface area contributed by atoms with Crippen LogP contribution in [0.4, 0.5) is 11.5 Å². The predicted octanol–water partition coefficient (Wildman–Crippen LogP) is 2.06. The highest BCUT2D eigenvalue weighted by Gasteiger charge is 2.27. The summed E-state index contributed by atoms with van der Waals surface area (Å²) in [4.78, 5) is 12.5. The largest absolute Gasteiger partial charge is 0.394 e. The van der Waals surface area contributed by atoms with Crippen LogP contribution in [0.3, 0.4) is 0 Å². The summed E-state index contributed by atoms with van der Waals surface area (Å²) in [5.74, 6) is 0.458. The maximum absolute atomic E-state index is 12.5. The third-order valence-corrected chi connectivity index (χ3v) is 3.89. The van der Waals surface area contributed by atoms with Crippen molar-refractivity contribution in [3.05, 3.63) is 41.6 Å². The maximum Gasteiger partial charge on any atom is 0.233 e. The Morgan fingerprint density at radius 2 is 2.25 bits per heavy atom. The number of nitrogen functional groups attached to an aromatic ring is 1. The van der Waals surface area contributed by atoms with Gasteiger partial charge in [-0.05, 0) is 30.4 Å². The number of anilines is 2. The Labute approximate surface area is 117 Å². The summed E-state index contributed by atoms with van der Waals surface area (Å²) in [5.41, 5.74) is 8.72. The zero-order valence-electron chi connectivity index (χ0n) is 11.5. The minimum Gasteiger partial charge on any atom is -0.394 e. The van der Waals surface area contributed by atoms with E-state index in [9.17, 15) is 4.79 Å². The van der Waals surface area contributed by atoms with Gasteiger partial charge in [0, 0.05) is 7.05 Å². The van der Waals surface area contributed by atoms with Gasteiger partial charge in [-0.3, -0.25) is 9.48 Å². The Balaban J connectivity index is 1.86. The van der Waals surface area contributed by atoms with Crippen molar-refractivity contribution in [1.82, 2.24) is 9.78 Å². The lowest BCUT2D eigenvalue weighted by atomic mass is 9.82. The number of amides is 1. The Kier molecular flexibility index (Phi) is 3.18. The van der Waals surface area contributed by atoms with Crippen molar-refractivity contribution in [3.63, 3.8) is 0 Å². The highest BCUT2D eigenvalue weighted by Crippen LogP contribution is 2.32. The summed E-state index contributed by atoms with van der Waals surface area (Å²) in [6.45, 7) is 0. The summed E-state index contributed by atoms with van der Waals surface area (Å²) in [5, 5.41) is 6.94. The van der Waals surface area contributed by atoms with Gasteiger partial charge in [-0.25, -0.2) is 0 Å². The van der Waals surface area contributed by atoms with Crippen LogP contribution in [0.5, 0.6) is 0 Å². The zero-order chi connectivity index (χ0) is 14.1. The summed E-state index contributed by atoms with van der Waals surface area (Å²) in [7, 11) is 1.76. The smallest absolute Gasteiger partial charge is 0.233 e. The number of carbonyl (C=O) groups excluding carboxylic acids is 1. The lowest BCUT2D eigenvalue weighted by molar-refractivity contribution is -0.117. The fourth-order valence-electron chi connectivity index (χ4n) is 2.84. The first-order valence-electron chi connectivity index (χ1n) is 6.83. The van der Waals surface area contributed by atoms with E-state index in [1.807, 2.05) is 18.2 Å². The number of aromatic nitrogens is 2. The molecule has 1 aromatic carbocycles. The first-order valence-corrected chi connectivity index (χ1v) is 6.83. The van der Waals surface area contributed by atoms with Gasteiger partial charge >= 0.3 is 0 Å². The van der Waals surface area contributed by atoms with Crippen molar-refractivity contribution in [2.24, 2.45) is 7.05 Å². The highest BCUT2D eigenvalue weighted by atomic mass is 16.2. The molecule has 3 N–H and O–H groups in total. The third-order valence-electron chi connectivity index (χ3n) is 3.89. The van der Waals surface area contributed by atoms with Crippen molar-refractivity contribution < 1.29 is 4.79 Å². The molecule has 0 fully saturated rings. The number of benzene rings is 1. The number of fused-ring (bicyclic) bond motifs is 1. The Morgan fingerprint density at radius 1 is 1.45 bits per heavy atom. The Hall–Kier alpha value is -2.30. The van der Waals surface area contributed by atoms with E-state index >= 15 is 0 Å². The average molecular weight is 270 g/mol. The van der Waals surface area contributed by atoms with E-state index in [0.29, 0.717) is 11.5 Å². The van der Waals surface area contributed by atoms with Crippen molar-refractivity contribution in [1.29, 1.82) is 0 Å². The molecule has 0 saturated heterocycles. The minimum atomic E-state index is -0.103. The first kappa shape index (κ1) is 12.7. The lowest BCUT2D eigenvalue weighted by Gasteiger charge is -2.24. The van der Waals surface area contributed by atoms with Crippen molar-refractivity contribution in [2.45, 2.75) is 25.2 Å². The van der Waals surface area contributed by atoms with Crippen LogP contribution in [0, 0.1) is 0 Å². The van der Waals surface area contributed by atoms with Gasteiger partial charge in [0.25, 0.3) is 0 Å². The number of hydrogen-bond donors (Lipinski definition) is 2. The van der Waals surface area contributed by atoms with Crippen LogP contribution in [0.1, 0.15) is 29.9 Å². The molecule has 5 heteroatoms. The normalized spacial score (nSPS) is 17.6. The molecule has 3 rings (SSSR count). The molecule has 1 aliphatic rings. The average Bonchev–Trinajstić information content (AvgIpc) is 2.78. The molecule has 20 heavy (non-hydrogen) atoms. The van der Waals surface area contributed by atoms with Crippen LogP contribution in [-0.2, 0) is 18.3 Å². The SMILES string of the molecule is Cn1ncc(N)c1NC(=O)C1CCCc2ccccc21.